The smallest absolute Gasteiger partial charge is 0.306 e. The Labute approximate surface area is 129 Å². The van der Waals surface area contributed by atoms with Gasteiger partial charge in [-0.2, -0.15) is 5.10 Å². The first-order valence-electron chi connectivity index (χ1n) is 6.77. The van der Waals surface area contributed by atoms with Gasteiger partial charge in [0, 0.05) is 0 Å². The fourth-order valence-corrected chi connectivity index (χ4v) is 2.44. The molecule has 1 aromatic carbocycles. The van der Waals surface area contributed by atoms with Crippen LogP contribution in [0.3, 0.4) is 0 Å². The van der Waals surface area contributed by atoms with Crippen LogP contribution in [-0.4, -0.2) is 49.2 Å². The van der Waals surface area contributed by atoms with Crippen molar-refractivity contribution in [1.29, 1.82) is 0 Å². The molecule has 2 heterocycles. The van der Waals surface area contributed by atoms with Gasteiger partial charge < -0.3 is 5.11 Å². The van der Waals surface area contributed by atoms with Gasteiger partial charge in [0.05, 0.1) is 35.2 Å². The van der Waals surface area contributed by atoms with Crippen LogP contribution in [0.4, 0.5) is 5.69 Å². The SMILES string of the molecule is O=C1c2ccccc2C(=O)N1C[C@H](O)Cn1cc([N+](=O)[O-])cn1. The Balaban J connectivity index is 1.69. The summed E-state index contributed by atoms with van der Waals surface area (Å²) in [6.07, 6.45) is 1.15. The Kier molecular flexibility index (Phi) is 3.62. The van der Waals surface area contributed by atoms with Crippen LogP contribution < -0.4 is 0 Å². The number of aliphatic hydroxyl groups is 1. The molecule has 1 atom stereocenters. The zero-order chi connectivity index (χ0) is 16.6. The molecule has 0 spiro atoms. The minimum atomic E-state index is -1.09. The average Bonchev–Trinajstić information content (AvgIpc) is 3.07. The maximum Gasteiger partial charge on any atom is 0.306 e. The maximum atomic E-state index is 12.2. The van der Waals surface area contributed by atoms with E-state index in [0.29, 0.717) is 11.1 Å². The van der Waals surface area contributed by atoms with Gasteiger partial charge in [-0.15, -0.1) is 0 Å². The van der Waals surface area contributed by atoms with Gasteiger partial charge in [-0.25, -0.2) is 0 Å². The highest BCUT2D eigenvalue weighted by atomic mass is 16.6. The third-order valence-electron chi connectivity index (χ3n) is 3.50. The molecule has 0 saturated carbocycles. The molecule has 0 fully saturated rings. The minimum Gasteiger partial charge on any atom is -0.389 e. The van der Waals surface area contributed by atoms with Gasteiger partial charge in [-0.05, 0) is 12.1 Å². The third kappa shape index (κ3) is 2.69. The van der Waals surface area contributed by atoms with E-state index in [2.05, 4.69) is 5.10 Å². The van der Waals surface area contributed by atoms with Gasteiger partial charge in [0.2, 0.25) is 0 Å². The van der Waals surface area contributed by atoms with Gasteiger partial charge in [-0.3, -0.25) is 29.3 Å². The van der Waals surface area contributed by atoms with Gasteiger partial charge in [-0.1, -0.05) is 12.1 Å². The minimum absolute atomic E-state index is 0.0682. The number of nitrogens with zero attached hydrogens (tertiary/aromatic N) is 4. The van der Waals surface area contributed by atoms with Gasteiger partial charge in [0.25, 0.3) is 11.8 Å². The summed E-state index contributed by atoms with van der Waals surface area (Å²) in [6, 6.07) is 6.43. The number of aromatic nitrogens is 2. The first-order valence-corrected chi connectivity index (χ1v) is 6.77. The molecule has 1 aliphatic rings. The number of rotatable bonds is 5. The summed E-state index contributed by atoms with van der Waals surface area (Å²) in [5.41, 5.74) is 0.414. The van der Waals surface area contributed by atoms with Crippen molar-refractivity contribution >= 4 is 17.5 Å². The van der Waals surface area contributed by atoms with E-state index in [-0.39, 0.29) is 18.8 Å². The summed E-state index contributed by atoms with van der Waals surface area (Å²) in [5, 5.41) is 24.4. The Hall–Kier alpha value is -3.07. The van der Waals surface area contributed by atoms with Crippen molar-refractivity contribution in [2.45, 2.75) is 12.6 Å². The van der Waals surface area contributed by atoms with Crippen LogP contribution in [0.15, 0.2) is 36.7 Å². The normalized spacial score (nSPS) is 14.9. The molecule has 1 aliphatic heterocycles. The average molecular weight is 316 g/mol. The van der Waals surface area contributed by atoms with Crippen LogP contribution in [0.1, 0.15) is 20.7 Å². The standard InChI is InChI=1S/C14H12N4O5/c19-10(7-16-6-9(5-15-16)18(22)23)8-17-13(20)11-3-1-2-4-12(11)14(17)21/h1-6,10,19H,7-8H2/t10-/m1/s1. The molecule has 23 heavy (non-hydrogen) atoms. The lowest BCUT2D eigenvalue weighted by Gasteiger charge is -2.18. The predicted octanol–water partition coefficient (Wildman–Crippen LogP) is 0.448. The Morgan fingerprint density at radius 2 is 1.78 bits per heavy atom. The van der Waals surface area contributed by atoms with E-state index in [1.807, 2.05) is 0 Å². The highest BCUT2D eigenvalue weighted by Crippen LogP contribution is 2.22. The third-order valence-corrected chi connectivity index (χ3v) is 3.50. The molecule has 0 bridgehead atoms. The molecule has 9 heteroatoms. The zero-order valence-electron chi connectivity index (χ0n) is 11.8. The van der Waals surface area contributed by atoms with Crippen LogP contribution in [0.2, 0.25) is 0 Å². The first-order chi connectivity index (χ1) is 11.0. The lowest BCUT2D eigenvalue weighted by atomic mass is 10.1. The second-order valence-corrected chi connectivity index (χ2v) is 5.10. The monoisotopic (exact) mass is 316 g/mol. The summed E-state index contributed by atoms with van der Waals surface area (Å²) < 4.78 is 1.20. The van der Waals surface area contributed by atoms with E-state index < -0.39 is 22.8 Å². The quantitative estimate of drug-likeness (QED) is 0.486. The molecule has 0 aliphatic carbocycles. The van der Waals surface area contributed by atoms with E-state index in [9.17, 15) is 24.8 Å². The van der Waals surface area contributed by atoms with E-state index >= 15 is 0 Å². The number of nitro groups is 1. The fourth-order valence-electron chi connectivity index (χ4n) is 2.44. The fraction of sp³-hybridized carbons (Fsp3) is 0.214. The predicted molar refractivity (Wildman–Crippen MR) is 76.7 cm³/mol. The molecule has 1 N–H and O–H groups in total. The molecule has 2 amide bonds. The van der Waals surface area contributed by atoms with Gasteiger partial charge in [0.15, 0.2) is 0 Å². The van der Waals surface area contributed by atoms with Crippen LogP contribution >= 0.6 is 0 Å². The van der Waals surface area contributed by atoms with Gasteiger partial charge >= 0.3 is 5.69 Å². The highest BCUT2D eigenvalue weighted by molar-refractivity contribution is 6.21. The summed E-state index contributed by atoms with van der Waals surface area (Å²) >= 11 is 0. The largest absolute Gasteiger partial charge is 0.389 e. The number of carbonyl (C=O) groups excluding carboxylic acids is 2. The number of carbonyl (C=O) groups is 2. The van der Waals surface area contributed by atoms with Crippen molar-refractivity contribution in [3.05, 3.63) is 57.9 Å². The Morgan fingerprint density at radius 3 is 2.30 bits per heavy atom. The summed E-state index contributed by atoms with van der Waals surface area (Å²) in [5.74, 6) is -0.924. The number of β-amino-alcohol motifs (C(OH)–C–C–N with tert-alkyl or cyclic N) is 1. The number of aliphatic hydroxyl groups excluding tert-OH is 1. The van der Waals surface area contributed by atoms with Gasteiger partial charge in [0.1, 0.15) is 12.4 Å². The van der Waals surface area contributed by atoms with Crippen LogP contribution in [-0.2, 0) is 6.54 Å². The second-order valence-electron chi connectivity index (χ2n) is 5.10. The van der Waals surface area contributed by atoms with Crippen LogP contribution in [0, 0.1) is 10.1 Å². The van der Waals surface area contributed by atoms with Crippen molar-refractivity contribution in [2.24, 2.45) is 0 Å². The number of hydrogen-bond donors (Lipinski definition) is 1. The summed E-state index contributed by atoms with van der Waals surface area (Å²) in [4.78, 5) is 35.3. The molecular formula is C14H12N4O5. The van der Waals surface area contributed by atoms with E-state index in [1.54, 1.807) is 24.3 Å². The van der Waals surface area contributed by atoms with E-state index in [4.69, 9.17) is 0 Å². The topological polar surface area (TPSA) is 119 Å². The Morgan fingerprint density at radius 1 is 1.17 bits per heavy atom. The van der Waals surface area contributed by atoms with Crippen molar-refractivity contribution in [1.82, 2.24) is 14.7 Å². The molecule has 3 rings (SSSR count). The molecule has 0 unspecified atom stereocenters. The molecule has 0 radical (unpaired) electrons. The van der Waals surface area contributed by atoms with Crippen molar-refractivity contribution in [3.63, 3.8) is 0 Å². The second kappa shape index (κ2) is 5.61. The van der Waals surface area contributed by atoms with Crippen LogP contribution in [0.5, 0.6) is 0 Å². The number of amides is 2. The highest BCUT2D eigenvalue weighted by Gasteiger charge is 2.36. The Bertz CT molecular complexity index is 765. The lowest BCUT2D eigenvalue weighted by molar-refractivity contribution is -0.385. The molecular weight excluding hydrogens is 304 g/mol. The summed E-state index contributed by atoms with van der Waals surface area (Å²) in [7, 11) is 0. The van der Waals surface area contributed by atoms with Crippen molar-refractivity contribution in [3.8, 4) is 0 Å². The number of benzene rings is 1. The molecule has 118 valence electrons. The lowest BCUT2D eigenvalue weighted by Crippen LogP contribution is -2.38. The van der Waals surface area contributed by atoms with Crippen molar-refractivity contribution in [2.75, 3.05) is 6.54 Å². The molecule has 1 aromatic heterocycles. The van der Waals surface area contributed by atoms with E-state index in [0.717, 1.165) is 11.1 Å². The number of imide groups is 1. The molecule has 9 nitrogen and oxygen atoms in total. The molecule has 0 saturated heterocycles. The van der Waals surface area contributed by atoms with E-state index in [1.165, 1.54) is 10.9 Å². The molecule has 2 aromatic rings. The van der Waals surface area contributed by atoms with Crippen molar-refractivity contribution < 1.29 is 19.6 Å². The zero-order valence-corrected chi connectivity index (χ0v) is 11.8. The number of fused-ring (bicyclic) bond motifs is 1. The maximum absolute atomic E-state index is 12.2. The van der Waals surface area contributed by atoms with Crippen LogP contribution in [0.25, 0.3) is 0 Å². The first kappa shape index (κ1) is 14.9. The summed E-state index contributed by atoms with van der Waals surface area (Å²) in [6.45, 7) is -0.277. The number of hydrogen-bond acceptors (Lipinski definition) is 6.